The summed E-state index contributed by atoms with van der Waals surface area (Å²) in [5, 5.41) is 0. The SMILES string of the molecule is COC(=O)C12CCCC1C(=O)C2. The second-order valence-corrected chi connectivity index (χ2v) is 3.74. The van der Waals surface area contributed by atoms with Gasteiger partial charge in [0.2, 0.25) is 0 Å². The second-order valence-electron chi connectivity index (χ2n) is 3.74. The lowest BCUT2D eigenvalue weighted by molar-refractivity contribution is -0.168. The number of Topliss-reactive ketones (excluding diaryl/α,β-unsaturated/α-hetero) is 1. The molecule has 3 heteroatoms. The van der Waals surface area contributed by atoms with Gasteiger partial charge in [0.25, 0.3) is 0 Å². The number of ether oxygens (including phenoxy) is 1. The first-order valence-electron chi connectivity index (χ1n) is 4.32. The van der Waals surface area contributed by atoms with Crippen LogP contribution in [-0.4, -0.2) is 18.9 Å². The molecule has 66 valence electrons. The normalized spacial score (nSPS) is 38.8. The Labute approximate surface area is 71.1 Å². The number of carbonyl (C=O) groups is 2. The minimum absolute atomic E-state index is 0.00931. The van der Waals surface area contributed by atoms with Crippen LogP contribution in [0.15, 0.2) is 0 Å². The molecular weight excluding hydrogens is 156 g/mol. The Morgan fingerprint density at radius 3 is 3.00 bits per heavy atom. The number of methoxy groups -OCH3 is 1. The Kier molecular flexibility index (Phi) is 1.50. The maximum absolute atomic E-state index is 11.4. The number of hydrogen-bond acceptors (Lipinski definition) is 3. The van der Waals surface area contributed by atoms with Crippen LogP contribution in [0, 0.1) is 11.3 Å². The van der Waals surface area contributed by atoms with Crippen LogP contribution in [0.2, 0.25) is 0 Å². The Morgan fingerprint density at radius 1 is 1.67 bits per heavy atom. The number of esters is 1. The van der Waals surface area contributed by atoms with E-state index in [1.807, 2.05) is 0 Å². The summed E-state index contributed by atoms with van der Waals surface area (Å²) >= 11 is 0. The van der Waals surface area contributed by atoms with E-state index in [0.29, 0.717) is 6.42 Å². The topological polar surface area (TPSA) is 43.4 Å². The van der Waals surface area contributed by atoms with Gasteiger partial charge in [-0.3, -0.25) is 9.59 Å². The largest absolute Gasteiger partial charge is 0.469 e. The van der Waals surface area contributed by atoms with Crippen molar-refractivity contribution in [3.05, 3.63) is 0 Å². The van der Waals surface area contributed by atoms with Crippen molar-refractivity contribution in [2.45, 2.75) is 25.7 Å². The lowest BCUT2D eigenvalue weighted by atomic mass is 9.61. The van der Waals surface area contributed by atoms with E-state index in [1.165, 1.54) is 7.11 Å². The summed E-state index contributed by atoms with van der Waals surface area (Å²) in [5.74, 6) is 0.0625. The Balaban J connectivity index is 2.22. The lowest BCUT2D eigenvalue weighted by Crippen LogP contribution is -2.50. The number of hydrogen-bond donors (Lipinski definition) is 0. The summed E-state index contributed by atoms with van der Waals surface area (Å²) in [7, 11) is 1.40. The summed E-state index contributed by atoms with van der Waals surface area (Å²) in [6.07, 6.45) is 3.14. The summed E-state index contributed by atoms with van der Waals surface area (Å²) in [5.41, 5.74) is -0.397. The highest BCUT2D eigenvalue weighted by Crippen LogP contribution is 2.55. The molecule has 12 heavy (non-hydrogen) atoms. The van der Waals surface area contributed by atoms with Crippen molar-refractivity contribution in [1.29, 1.82) is 0 Å². The molecule has 2 saturated carbocycles. The van der Waals surface area contributed by atoms with Gasteiger partial charge < -0.3 is 4.74 Å². The first-order valence-corrected chi connectivity index (χ1v) is 4.32. The Bertz CT molecular complexity index is 246. The molecule has 0 amide bonds. The summed E-state index contributed by atoms with van der Waals surface area (Å²) in [6, 6.07) is 0. The highest BCUT2D eigenvalue weighted by atomic mass is 16.5. The van der Waals surface area contributed by atoms with Crippen LogP contribution in [0.25, 0.3) is 0 Å². The molecule has 0 aromatic rings. The van der Waals surface area contributed by atoms with Gasteiger partial charge in [-0.25, -0.2) is 0 Å². The molecule has 0 bridgehead atoms. The number of carbonyl (C=O) groups excluding carboxylic acids is 2. The fraction of sp³-hybridized carbons (Fsp3) is 0.778. The second kappa shape index (κ2) is 2.31. The monoisotopic (exact) mass is 168 g/mol. The van der Waals surface area contributed by atoms with Crippen LogP contribution in [0.4, 0.5) is 0 Å². The highest BCUT2D eigenvalue weighted by molar-refractivity contribution is 6.00. The molecule has 2 fully saturated rings. The molecule has 0 aliphatic heterocycles. The van der Waals surface area contributed by atoms with E-state index in [1.54, 1.807) is 0 Å². The predicted octanol–water partition coefficient (Wildman–Crippen LogP) is 0.919. The lowest BCUT2D eigenvalue weighted by Gasteiger charge is -2.40. The predicted molar refractivity (Wildman–Crippen MR) is 41.4 cm³/mol. The van der Waals surface area contributed by atoms with Gasteiger partial charge in [0.15, 0.2) is 0 Å². The van der Waals surface area contributed by atoms with Crippen LogP contribution in [-0.2, 0) is 14.3 Å². The minimum Gasteiger partial charge on any atom is -0.469 e. The highest BCUT2D eigenvalue weighted by Gasteiger charge is 2.61. The van der Waals surface area contributed by atoms with E-state index < -0.39 is 5.41 Å². The molecule has 2 aliphatic carbocycles. The standard InChI is InChI=1S/C9H12O3/c1-12-8(11)9-4-2-3-6(9)7(10)5-9/h6H,2-5H2,1H3. The van der Waals surface area contributed by atoms with E-state index in [0.717, 1.165) is 19.3 Å². The average Bonchev–Trinajstić information content (AvgIpc) is 2.41. The molecule has 0 N–H and O–H groups in total. The molecule has 0 aromatic carbocycles. The summed E-state index contributed by atoms with van der Waals surface area (Å²) in [4.78, 5) is 22.5. The first-order chi connectivity index (χ1) is 5.70. The number of fused-ring (bicyclic) bond motifs is 1. The number of ketones is 1. The van der Waals surface area contributed by atoms with Gasteiger partial charge in [-0.15, -0.1) is 0 Å². The van der Waals surface area contributed by atoms with E-state index in [4.69, 9.17) is 4.74 Å². The molecule has 0 saturated heterocycles. The maximum Gasteiger partial charge on any atom is 0.312 e. The molecule has 2 unspecified atom stereocenters. The average molecular weight is 168 g/mol. The zero-order valence-corrected chi connectivity index (χ0v) is 7.13. The zero-order chi connectivity index (χ0) is 8.77. The van der Waals surface area contributed by atoms with Gasteiger partial charge in [0.1, 0.15) is 5.78 Å². The van der Waals surface area contributed by atoms with Crippen molar-refractivity contribution < 1.29 is 14.3 Å². The summed E-state index contributed by atoms with van der Waals surface area (Å²) in [6.45, 7) is 0. The van der Waals surface area contributed by atoms with Crippen LogP contribution in [0.1, 0.15) is 25.7 Å². The van der Waals surface area contributed by atoms with Crippen molar-refractivity contribution in [2.75, 3.05) is 7.11 Å². The summed E-state index contributed by atoms with van der Waals surface area (Å²) < 4.78 is 4.72. The molecule has 2 aliphatic rings. The van der Waals surface area contributed by atoms with E-state index in [9.17, 15) is 9.59 Å². The molecule has 2 atom stereocenters. The third kappa shape index (κ3) is 0.713. The smallest absolute Gasteiger partial charge is 0.312 e. The third-order valence-electron chi connectivity index (χ3n) is 3.25. The van der Waals surface area contributed by atoms with E-state index in [2.05, 4.69) is 0 Å². The van der Waals surface area contributed by atoms with Crippen LogP contribution >= 0.6 is 0 Å². The Morgan fingerprint density at radius 2 is 2.42 bits per heavy atom. The molecular formula is C9H12O3. The third-order valence-corrected chi connectivity index (χ3v) is 3.25. The van der Waals surface area contributed by atoms with Crippen LogP contribution in [0.3, 0.4) is 0 Å². The fourth-order valence-electron chi connectivity index (χ4n) is 2.58. The molecule has 0 aromatic heterocycles. The van der Waals surface area contributed by atoms with Crippen LogP contribution in [0.5, 0.6) is 0 Å². The Hall–Kier alpha value is -0.860. The van der Waals surface area contributed by atoms with Crippen molar-refractivity contribution in [3.63, 3.8) is 0 Å². The molecule has 0 radical (unpaired) electrons. The van der Waals surface area contributed by atoms with Crippen molar-refractivity contribution in [1.82, 2.24) is 0 Å². The zero-order valence-electron chi connectivity index (χ0n) is 7.13. The quantitative estimate of drug-likeness (QED) is 0.547. The maximum atomic E-state index is 11.4. The minimum atomic E-state index is -0.397. The van der Waals surface area contributed by atoms with Gasteiger partial charge >= 0.3 is 5.97 Å². The van der Waals surface area contributed by atoms with Gasteiger partial charge in [-0.2, -0.15) is 0 Å². The van der Waals surface area contributed by atoms with Crippen molar-refractivity contribution >= 4 is 11.8 Å². The van der Waals surface area contributed by atoms with Crippen LogP contribution < -0.4 is 0 Å². The molecule has 3 nitrogen and oxygen atoms in total. The fourth-order valence-corrected chi connectivity index (χ4v) is 2.58. The first kappa shape index (κ1) is 7.77. The number of rotatable bonds is 1. The van der Waals surface area contributed by atoms with Gasteiger partial charge in [0.05, 0.1) is 12.5 Å². The van der Waals surface area contributed by atoms with Crippen molar-refractivity contribution in [3.8, 4) is 0 Å². The van der Waals surface area contributed by atoms with E-state index >= 15 is 0 Å². The molecule has 0 spiro atoms. The molecule has 2 rings (SSSR count). The molecule has 0 heterocycles. The van der Waals surface area contributed by atoms with E-state index in [-0.39, 0.29) is 17.7 Å². The van der Waals surface area contributed by atoms with Crippen molar-refractivity contribution in [2.24, 2.45) is 11.3 Å². The van der Waals surface area contributed by atoms with Gasteiger partial charge in [-0.1, -0.05) is 6.42 Å². The van der Waals surface area contributed by atoms with Gasteiger partial charge in [-0.05, 0) is 12.8 Å². The van der Waals surface area contributed by atoms with Gasteiger partial charge in [0, 0.05) is 12.3 Å².